The fourth-order valence-electron chi connectivity index (χ4n) is 2.78. The fourth-order valence-corrected chi connectivity index (χ4v) is 2.78. The Kier molecular flexibility index (Phi) is 6.08. The average Bonchev–Trinajstić information content (AvgIpc) is 3.20. The zero-order valence-corrected chi connectivity index (χ0v) is 13.4. The van der Waals surface area contributed by atoms with Crippen LogP contribution in [0.5, 0.6) is 0 Å². The van der Waals surface area contributed by atoms with Gasteiger partial charge in [-0.05, 0) is 70.4 Å². The van der Waals surface area contributed by atoms with Gasteiger partial charge in [-0.3, -0.25) is 4.68 Å². The number of hydrogen-bond acceptors (Lipinski definition) is 2. The van der Waals surface area contributed by atoms with Crippen LogP contribution < -0.4 is 5.32 Å². The molecule has 114 valence electrons. The summed E-state index contributed by atoms with van der Waals surface area (Å²) in [5.74, 6) is 0.958. The summed E-state index contributed by atoms with van der Waals surface area (Å²) in [5, 5.41) is 8.42. The van der Waals surface area contributed by atoms with Crippen molar-refractivity contribution in [2.45, 2.75) is 77.8 Å². The minimum absolute atomic E-state index is 0.522. The van der Waals surface area contributed by atoms with E-state index in [-0.39, 0.29) is 0 Å². The van der Waals surface area contributed by atoms with Gasteiger partial charge in [0.1, 0.15) is 0 Å². The van der Waals surface area contributed by atoms with E-state index in [9.17, 15) is 0 Å². The Bertz CT molecular complexity index is 381. The first-order valence-corrected chi connectivity index (χ1v) is 8.52. The van der Waals surface area contributed by atoms with E-state index in [1.807, 2.05) is 0 Å². The minimum Gasteiger partial charge on any atom is -0.314 e. The minimum atomic E-state index is 0.522. The molecule has 0 saturated heterocycles. The van der Waals surface area contributed by atoms with Crippen molar-refractivity contribution in [1.82, 2.24) is 15.1 Å². The number of aromatic nitrogens is 2. The second-order valence-electron chi connectivity index (χ2n) is 6.33. The van der Waals surface area contributed by atoms with E-state index in [1.165, 1.54) is 44.3 Å². The number of nitrogens with one attached hydrogen (secondary N) is 1. The van der Waals surface area contributed by atoms with Gasteiger partial charge in [0.2, 0.25) is 0 Å². The van der Waals surface area contributed by atoms with Gasteiger partial charge in [0.05, 0.1) is 5.69 Å². The van der Waals surface area contributed by atoms with Crippen molar-refractivity contribution in [3.8, 4) is 0 Å². The summed E-state index contributed by atoms with van der Waals surface area (Å²) in [6.45, 7) is 7.86. The molecule has 1 heterocycles. The topological polar surface area (TPSA) is 29.9 Å². The van der Waals surface area contributed by atoms with Crippen LogP contribution in [0.15, 0.2) is 12.3 Å². The summed E-state index contributed by atoms with van der Waals surface area (Å²) in [6, 6.07) is 3.47. The lowest BCUT2D eigenvalue weighted by molar-refractivity contribution is 0.422. The van der Waals surface area contributed by atoms with Crippen LogP contribution in [0.4, 0.5) is 0 Å². The van der Waals surface area contributed by atoms with Gasteiger partial charge in [0, 0.05) is 18.3 Å². The lowest BCUT2D eigenvalue weighted by Crippen LogP contribution is -2.31. The zero-order valence-electron chi connectivity index (χ0n) is 13.4. The molecule has 1 aromatic heterocycles. The quantitative estimate of drug-likeness (QED) is 0.701. The molecular weight excluding hydrogens is 246 g/mol. The summed E-state index contributed by atoms with van der Waals surface area (Å²) in [6.07, 6.45) is 11.1. The monoisotopic (exact) mass is 277 g/mol. The Morgan fingerprint density at radius 2 is 2.20 bits per heavy atom. The standard InChI is InChI=1S/C17H31N3/c1-4-12-18-17(15-9-10-15)8-6-7-16-11-13-20(19-16)14(3)5-2/h11,13-15,17-18H,4-10,12H2,1-3H3. The smallest absolute Gasteiger partial charge is 0.0624 e. The Labute approximate surface area is 124 Å². The van der Waals surface area contributed by atoms with Crippen LogP contribution in [0.25, 0.3) is 0 Å². The molecule has 0 radical (unpaired) electrons. The molecule has 2 atom stereocenters. The first-order chi connectivity index (χ1) is 9.74. The van der Waals surface area contributed by atoms with E-state index in [1.54, 1.807) is 0 Å². The summed E-state index contributed by atoms with van der Waals surface area (Å²) in [5.41, 5.74) is 1.26. The normalized spacial score (nSPS) is 18.1. The van der Waals surface area contributed by atoms with E-state index < -0.39 is 0 Å². The molecule has 1 aliphatic carbocycles. The number of aryl methyl sites for hydroxylation is 1. The van der Waals surface area contributed by atoms with Crippen molar-refractivity contribution in [2.75, 3.05) is 6.54 Å². The van der Waals surface area contributed by atoms with E-state index in [0.29, 0.717) is 6.04 Å². The Balaban J connectivity index is 1.72. The van der Waals surface area contributed by atoms with Crippen LogP contribution in [-0.4, -0.2) is 22.4 Å². The van der Waals surface area contributed by atoms with Crippen LogP contribution in [0.2, 0.25) is 0 Å². The number of nitrogens with zero attached hydrogens (tertiary/aromatic N) is 2. The van der Waals surface area contributed by atoms with Crippen LogP contribution in [0.3, 0.4) is 0 Å². The summed E-state index contributed by atoms with van der Waals surface area (Å²) in [7, 11) is 0. The van der Waals surface area contributed by atoms with Gasteiger partial charge in [-0.15, -0.1) is 0 Å². The van der Waals surface area contributed by atoms with Crippen molar-refractivity contribution in [2.24, 2.45) is 5.92 Å². The van der Waals surface area contributed by atoms with Gasteiger partial charge >= 0.3 is 0 Å². The first-order valence-electron chi connectivity index (χ1n) is 8.52. The molecule has 0 bridgehead atoms. The lowest BCUT2D eigenvalue weighted by atomic mass is 10.0. The highest BCUT2D eigenvalue weighted by Crippen LogP contribution is 2.34. The van der Waals surface area contributed by atoms with E-state index in [0.717, 1.165) is 24.8 Å². The molecule has 2 unspecified atom stereocenters. The molecule has 20 heavy (non-hydrogen) atoms. The maximum atomic E-state index is 4.70. The van der Waals surface area contributed by atoms with Crippen LogP contribution in [-0.2, 0) is 6.42 Å². The molecule has 2 rings (SSSR count). The molecule has 3 heteroatoms. The van der Waals surface area contributed by atoms with Crippen molar-refractivity contribution in [3.63, 3.8) is 0 Å². The molecular formula is C17H31N3. The van der Waals surface area contributed by atoms with Crippen molar-refractivity contribution in [1.29, 1.82) is 0 Å². The number of hydrogen-bond donors (Lipinski definition) is 1. The summed E-state index contributed by atoms with van der Waals surface area (Å²) < 4.78 is 2.11. The molecule has 0 amide bonds. The van der Waals surface area contributed by atoms with Gasteiger partial charge in [-0.25, -0.2) is 0 Å². The molecule has 3 nitrogen and oxygen atoms in total. The maximum Gasteiger partial charge on any atom is 0.0624 e. The second kappa shape index (κ2) is 7.82. The number of rotatable bonds is 10. The SMILES string of the molecule is CCCNC(CCCc1ccn(C(C)CC)n1)C1CC1. The van der Waals surface area contributed by atoms with E-state index >= 15 is 0 Å². The molecule has 0 aliphatic heterocycles. The molecule has 1 fully saturated rings. The Morgan fingerprint density at radius 1 is 1.40 bits per heavy atom. The van der Waals surface area contributed by atoms with Crippen LogP contribution in [0.1, 0.15) is 71.0 Å². The van der Waals surface area contributed by atoms with Crippen molar-refractivity contribution in [3.05, 3.63) is 18.0 Å². The molecule has 0 spiro atoms. The Hall–Kier alpha value is -0.830. The van der Waals surface area contributed by atoms with Gasteiger partial charge in [0.15, 0.2) is 0 Å². The largest absolute Gasteiger partial charge is 0.314 e. The highest BCUT2D eigenvalue weighted by molar-refractivity contribution is 5.00. The predicted octanol–water partition coefficient (Wildman–Crippen LogP) is 3.96. The predicted molar refractivity (Wildman–Crippen MR) is 85.0 cm³/mol. The van der Waals surface area contributed by atoms with Crippen LogP contribution in [0, 0.1) is 5.92 Å². The van der Waals surface area contributed by atoms with E-state index in [4.69, 9.17) is 5.10 Å². The fraction of sp³-hybridized carbons (Fsp3) is 0.824. The maximum absolute atomic E-state index is 4.70. The molecule has 0 aromatic carbocycles. The third-order valence-electron chi connectivity index (χ3n) is 4.50. The van der Waals surface area contributed by atoms with Crippen molar-refractivity contribution >= 4 is 0 Å². The Morgan fingerprint density at radius 3 is 2.85 bits per heavy atom. The van der Waals surface area contributed by atoms with Crippen molar-refractivity contribution < 1.29 is 0 Å². The zero-order chi connectivity index (χ0) is 14.4. The molecule has 1 N–H and O–H groups in total. The third kappa shape index (κ3) is 4.62. The second-order valence-corrected chi connectivity index (χ2v) is 6.33. The lowest BCUT2D eigenvalue weighted by Gasteiger charge is -2.17. The molecule has 1 saturated carbocycles. The third-order valence-corrected chi connectivity index (χ3v) is 4.50. The summed E-state index contributed by atoms with van der Waals surface area (Å²) >= 11 is 0. The van der Waals surface area contributed by atoms with Gasteiger partial charge in [-0.2, -0.15) is 5.10 Å². The van der Waals surface area contributed by atoms with Crippen LogP contribution >= 0.6 is 0 Å². The summed E-state index contributed by atoms with van der Waals surface area (Å²) in [4.78, 5) is 0. The van der Waals surface area contributed by atoms with Gasteiger partial charge in [0.25, 0.3) is 0 Å². The van der Waals surface area contributed by atoms with Gasteiger partial charge in [-0.1, -0.05) is 13.8 Å². The molecule has 1 aromatic rings. The average molecular weight is 277 g/mol. The van der Waals surface area contributed by atoms with Gasteiger partial charge < -0.3 is 5.32 Å². The highest BCUT2D eigenvalue weighted by atomic mass is 15.3. The van der Waals surface area contributed by atoms with E-state index in [2.05, 4.69) is 43.0 Å². The molecule has 1 aliphatic rings. The highest BCUT2D eigenvalue weighted by Gasteiger charge is 2.30. The first kappa shape index (κ1) is 15.6.